The minimum Gasteiger partial charge on any atom is -0.320 e. The third-order valence-electron chi connectivity index (χ3n) is 3.64. The highest BCUT2D eigenvalue weighted by atomic mass is 35.5. The van der Waals surface area contributed by atoms with Crippen LogP contribution >= 0.6 is 22.9 Å². The maximum Gasteiger partial charge on any atom is 0.0931 e. The lowest BCUT2D eigenvalue weighted by Gasteiger charge is -2.20. The summed E-state index contributed by atoms with van der Waals surface area (Å²) in [6, 6.07) is 6.08. The molecule has 0 aliphatic rings. The summed E-state index contributed by atoms with van der Waals surface area (Å²) in [5.74, 6) is 0. The average molecular weight is 280 g/mol. The summed E-state index contributed by atoms with van der Waals surface area (Å²) >= 11 is 7.56. The first-order valence-electron chi connectivity index (χ1n) is 6.00. The summed E-state index contributed by atoms with van der Waals surface area (Å²) in [5.41, 5.74) is 12.8. The Balaban J connectivity index is 2.57. The van der Waals surface area contributed by atoms with Crippen LogP contribution in [-0.2, 0) is 0 Å². The lowest BCUT2D eigenvalue weighted by Crippen LogP contribution is -2.15. The van der Waals surface area contributed by atoms with Crippen LogP contribution in [0.25, 0.3) is 0 Å². The summed E-state index contributed by atoms with van der Waals surface area (Å²) < 4.78 is 0.792. The zero-order valence-corrected chi connectivity index (χ0v) is 12.7. The Bertz CT molecular complexity index is 560. The fourth-order valence-electron chi connectivity index (χ4n) is 2.35. The van der Waals surface area contributed by atoms with E-state index in [4.69, 9.17) is 17.3 Å². The fourth-order valence-corrected chi connectivity index (χ4v) is 3.42. The summed E-state index contributed by atoms with van der Waals surface area (Å²) in [7, 11) is 0. The van der Waals surface area contributed by atoms with E-state index in [1.807, 2.05) is 12.1 Å². The minimum atomic E-state index is -0.0823. The molecular weight excluding hydrogens is 262 g/mol. The van der Waals surface area contributed by atoms with Gasteiger partial charge in [-0.2, -0.15) is 0 Å². The Morgan fingerprint density at radius 2 is 1.61 bits per heavy atom. The summed E-state index contributed by atoms with van der Waals surface area (Å²) in [6.45, 7) is 8.57. The first-order chi connectivity index (χ1) is 8.41. The summed E-state index contributed by atoms with van der Waals surface area (Å²) in [4.78, 5) is 1.12. The van der Waals surface area contributed by atoms with E-state index in [2.05, 4.69) is 33.8 Å². The molecule has 1 aromatic heterocycles. The fraction of sp³-hybridized carbons (Fsp3) is 0.333. The van der Waals surface area contributed by atoms with Gasteiger partial charge in [-0.1, -0.05) is 17.7 Å². The van der Waals surface area contributed by atoms with E-state index in [0.717, 1.165) is 9.21 Å². The molecule has 1 atom stereocenters. The third-order valence-corrected chi connectivity index (χ3v) is 4.95. The minimum absolute atomic E-state index is 0.0823. The Labute approximate surface area is 118 Å². The highest BCUT2D eigenvalue weighted by Gasteiger charge is 2.18. The highest BCUT2D eigenvalue weighted by molar-refractivity contribution is 7.16. The molecule has 1 nitrogen and oxygen atoms in total. The number of hydrogen-bond donors (Lipinski definition) is 1. The van der Waals surface area contributed by atoms with E-state index in [1.54, 1.807) is 11.3 Å². The van der Waals surface area contributed by atoms with E-state index >= 15 is 0 Å². The van der Waals surface area contributed by atoms with Gasteiger partial charge in [-0.15, -0.1) is 11.3 Å². The van der Waals surface area contributed by atoms with Gasteiger partial charge in [0, 0.05) is 4.88 Å². The van der Waals surface area contributed by atoms with Gasteiger partial charge in [-0.05, 0) is 67.6 Å². The van der Waals surface area contributed by atoms with Gasteiger partial charge in [0.1, 0.15) is 0 Å². The second-order valence-corrected chi connectivity index (χ2v) is 6.54. The second-order valence-electron chi connectivity index (χ2n) is 4.79. The lowest BCUT2D eigenvalue weighted by atomic mass is 9.89. The molecular formula is C15H18ClNS. The molecule has 0 aliphatic carbocycles. The van der Waals surface area contributed by atoms with Crippen LogP contribution in [0.5, 0.6) is 0 Å². The topological polar surface area (TPSA) is 26.0 Å². The third kappa shape index (κ3) is 2.33. The van der Waals surface area contributed by atoms with Crippen molar-refractivity contribution < 1.29 is 0 Å². The second kappa shape index (κ2) is 5.04. The van der Waals surface area contributed by atoms with E-state index in [1.165, 1.54) is 27.8 Å². The molecule has 0 saturated heterocycles. The normalized spacial score (nSPS) is 12.8. The lowest BCUT2D eigenvalue weighted by molar-refractivity contribution is 0.864. The molecule has 0 amide bonds. The van der Waals surface area contributed by atoms with E-state index < -0.39 is 0 Å². The number of nitrogens with two attached hydrogens (primary N) is 1. The Morgan fingerprint density at radius 3 is 2.06 bits per heavy atom. The molecule has 0 fully saturated rings. The molecule has 1 aromatic carbocycles. The van der Waals surface area contributed by atoms with Crippen LogP contribution in [0.3, 0.4) is 0 Å². The van der Waals surface area contributed by atoms with E-state index in [9.17, 15) is 0 Å². The number of rotatable bonds is 2. The number of thiophene rings is 1. The van der Waals surface area contributed by atoms with Gasteiger partial charge in [0.15, 0.2) is 0 Å². The standard InChI is InChI=1S/C15H18ClNS/c1-8-7-9(2)11(4)14(10(8)3)15(17)12-5-6-13(16)18-12/h5-7,15H,17H2,1-4H3. The van der Waals surface area contributed by atoms with Crippen LogP contribution in [0.1, 0.15) is 38.7 Å². The van der Waals surface area contributed by atoms with Crippen molar-refractivity contribution in [1.82, 2.24) is 0 Å². The predicted octanol–water partition coefficient (Wildman–Crippen LogP) is 4.68. The zero-order chi connectivity index (χ0) is 13.4. The molecule has 2 N–H and O–H groups in total. The van der Waals surface area contributed by atoms with Gasteiger partial charge in [0.2, 0.25) is 0 Å². The molecule has 2 rings (SSSR count). The Hall–Kier alpha value is -0.830. The molecule has 0 spiro atoms. The van der Waals surface area contributed by atoms with Gasteiger partial charge in [0.25, 0.3) is 0 Å². The number of halogens is 1. The Kier molecular flexibility index (Phi) is 3.81. The quantitative estimate of drug-likeness (QED) is 0.848. The van der Waals surface area contributed by atoms with Gasteiger partial charge in [-0.25, -0.2) is 0 Å². The van der Waals surface area contributed by atoms with Crippen molar-refractivity contribution in [2.24, 2.45) is 5.73 Å². The van der Waals surface area contributed by atoms with Crippen molar-refractivity contribution >= 4 is 22.9 Å². The first kappa shape index (κ1) is 13.6. The van der Waals surface area contributed by atoms with Crippen LogP contribution in [0.4, 0.5) is 0 Å². The van der Waals surface area contributed by atoms with Gasteiger partial charge in [0.05, 0.1) is 10.4 Å². The summed E-state index contributed by atoms with van der Waals surface area (Å²) in [6.07, 6.45) is 0. The number of aryl methyl sites for hydroxylation is 2. The van der Waals surface area contributed by atoms with Crippen LogP contribution in [-0.4, -0.2) is 0 Å². The average Bonchev–Trinajstić information content (AvgIpc) is 2.73. The molecule has 1 unspecified atom stereocenters. The van der Waals surface area contributed by atoms with Crippen molar-refractivity contribution in [3.8, 4) is 0 Å². The van der Waals surface area contributed by atoms with Gasteiger partial charge >= 0.3 is 0 Å². The van der Waals surface area contributed by atoms with Crippen molar-refractivity contribution in [1.29, 1.82) is 0 Å². The van der Waals surface area contributed by atoms with Crippen molar-refractivity contribution in [2.75, 3.05) is 0 Å². The molecule has 3 heteroatoms. The predicted molar refractivity (Wildman–Crippen MR) is 80.7 cm³/mol. The van der Waals surface area contributed by atoms with Crippen LogP contribution in [0.2, 0.25) is 4.34 Å². The van der Waals surface area contributed by atoms with Crippen molar-refractivity contribution in [3.05, 3.63) is 55.2 Å². The van der Waals surface area contributed by atoms with Crippen LogP contribution in [0, 0.1) is 27.7 Å². The molecule has 2 aromatic rings. The van der Waals surface area contributed by atoms with Crippen LogP contribution < -0.4 is 5.73 Å². The Morgan fingerprint density at radius 1 is 1.06 bits per heavy atom. The number of hydrogen-bond acceptors (Lipinski definition) is 2. The molecule has 1 heterocycles. The van der Waals surface area contributed by atoms with Crippen LogP contribution in [0.15, 0.2) is 18.2 Å². The molecule has 0 bridgehead atoms. The smallest absolute Gasteiger partial charge is 0.0931 e. The monoisotopic (exact) mass is 279 g/mol. The largest absolute Gasteiger partial charge is 0.320 e. The summed E-state index contributed by atoms with van der Waals surface area (Å²) in [5, 5.41) is 0. The maximum atomic E-state index is 6.42. The molecule has 0 saturated carbocycles. The van der Waals surface area contributed by atoms with E-state index in [-0.39, 0.29) is 6.04 Å². The molecule has 18 heavy (non-hydrogen) atoms. The maximum absolute atomic E-state index is 6.42. The molecule has 0 radical (unpaired) electrons. The van der Waals surface area contributed by atoms with E-state index in [0.29, 0.717) is 0 Å². The van der Waals surface area contributed by atoms with Gasteiger partial charge < -0.3 is 5.73 Å². The molecule has 0 aliphatic heterocycles. The van der Waals surface area contributed by atoms with Crippen molar-refractivity contribution in [3.63, 3.8) is 0 Å². The highest BCUT2D eigenvalue weighted by Crippen LogP contribution is 2.34. The van der Waals surface area contributed by atoms with Gasteiger partial charge in [-0.3, -0.25) is 0 Å². The number of benzene rings is 1. The SMILES string of the molecule is Cc1cc(C)c(C)c(C(N)c2ccc(Cl)s2)c1C. The first-order valence-corrected chi connectivity index (χ1v) is 7.19. The van der Waals surface area contributed by atoms with Crippen molar-refractivity contribution in [2.45, 2.75) is 33.7 Å². The zero-order valence-electron chi connectivity index (χ0n) is 11.2. The molecule has 96 valence electrons.